The highest BCUT2D eigenvalue weighted by molar-refractivity contribution is 5.96. The van der Waals surface area contributed by atoms with Gasteiger partial charge in [-0.1, -0.05) is 0 Å². The van der Waals surface area contributed by atoms with Gasteiger partial charge < -0.3 is 9.47 Å². The predicted octanol–water partition coefficient (Wildman–Crippen LogP) is 0.708. The van der Waals surface area contributed by atoms with Crippen LogP contribution in [0.15, 0.2) is 0 Å². The third kappa shape index (κ3) is 2.81. The van der Waals surface area contributed by atoms with Gasteiger partial charge >= 0.3 is 11.9 Å². The summed E-state index contributed by atoms with van der Waals surface area (Å²) in [6, 6.07) is 0. The van der Waals surface area contributed by atoms with E-state index in [0.717, 1.165) is 0 Å². The van der Waals surface area contributed by atoms with Crippen LogP contribution in [-0.2, 0) is 23.9 Å². The first kappa shape index (κ1) is 12.7. The van der Waals surface area contributed by atoms with E-state index >= 15 is 0 Å². The van der Waals surface area contributed by atoms with E-state index in [1.165, 1.54) is 14.2 Å². The van der Waals surface area contributed by atoms with Crippen molar-refractivity contribution in [1.82, 2.24) is 0 Å². The number of carbonyl (C=O) groups excluding carboxylic acids is 3. The number of hydrogen-bond acceptors (Lipinski definition) is 5. The molecule has 0 amide bonds. The lowest BCUT2D eigenvalue weighted by molar-refractivity contribution is -0.162. The summed E-state index contributed by atoms with van der Waals surface area (Å²) in [5.41, 5.74) is 0. The molecule has 0 aromatic heterocycles. The maximum absolute atomic E-state index is 11.5. The molecule has 1 atom stereocenters. The Morgan fingerprint density at radius 1 is 1.25 bits per heavy atom. The fourth-order valence-corrected chi connectivity index (χ4v) is 2.08. The summed E-state index contributed by atoms with van der Waals surface area (Å²) in [7, 11) is 2.45. The quantitative estimate of drug-likeness (QED) is 0.525. The highest BCUT2D eigenvalue weighted by Crippen LogP contribution is 2.29. The summed E-state index contributed by atoms with van der Waals surface area (Å²) in [6.45, 7) is 0. The number of carbonyl (C=O) groups is 3. The van der Waals surface area contributed by atoms with Gasteiger partial charge in [-0.3, -0.25) is 14.4 Å². The van der Waals surface area contributed by atoms with Crippen molar-refractivity contribution < 1.29 is 23.9 Å². The van der Waals surface area contributed by atoms with Gasteiger partial charge in [0.15, 0.2) is 5.92 Å². The molecule has 0 N–H and O–H groups in total. The molecule has 0 unspecified atom stereocenters. The molecule has 1 aliphatic carbocycles. The highest BCUT2D eigenvalue weighted by atomic mass is 16.5. The summed E-state index contributed by atoms with van der Waals surface area (Å²) in [4.78, 5) is 34.3. The molecule has 1 rings (SSSR count). The second-order valence-corrected chi connectivity index (χ2v) is 3.92. The molecule has 0 aromatic rings. The SMILES string of the molecule is COC(=O)C(C(=O)OC)[C@@H]1CCCC(=O)C1. The van der Waals surface area contributed by atoms with E-state index in [-0.39, 0.29) is 18.1 Å². The van der Waals surface area contributed by atoms with Crippen molar-refractivity contribution in [2.75, 3.05) is 14.2 Å². The molecule has 16 heavy (non-hydrogen) atoms. The smallest absolute Gasteiger partial charge is 0.320 e. The zero-order chi connectivity index (χ0) is 12.1. The van der Waals surface area contributed by atoms with Crippen LogP contribution < -0.4 is 0 Å². The molecule has 0 bridgehead atoms. The van der Waals surface area contributed by atoms with Crippen molar-refractivity contribution in [2.24, 2.45) is 11.8 Å². The summed E-state index contributed by atoms with van der Waals surface area (Å²) in [5.74, 6) is -2.38. The van der Waals surface area contributed by atoms with Crippen molar-refractivity contribution in [3.8, 4) is 0 Å². The van der Waals surface area contributed by atoms with E-state index in [9.17, 15) is 14.4 Å². The predicted molar refractivity (Wildman–Crippen MR) is 54.5 cm³/mol. The van der Waals surface area contributed by atoms with Crippen LogP contribution in [0.3, 0.4) is 0 Å². The molecule has 0 aromatic carbocycles. The first-order valence-electron chi connectivity index (χ1n) is 5.27. The van der Waals surface area contributed by atoms with E-state index < -0.39 is 17.9 Å². The minimum atomic E-state index is -0.959. The van der Waals surface area contributed by atoms with E-state index in [0.29, 0.717) is 19.3 Å². The Balaban J connectivity index is 2.78. The molecule has 0 heterocycles. The lowest BCUT2D eigenvalue weighted by Gasteiger charge is -2.25. The van der Waals surface area contributed by atoms with E-state index in [1.807, 2.05) is 0 Å². The number of methoxy groups -OCH3 is 2. The van der Waals surface area contributed by atoms with E-state index in [2.05, 4.69) is 9.47 Å². The Kier molecular flexibility index (Phi) is 4.46. The molecule has 0 radical (unpaired) electrons. The number of ether oxygens (including phenoxy) is 2. The molecule has 1 fully saturated rings. The molecule has 5 nitrogen and oxygen atoms in total. The number of rotatable bonds is 3. The highest BCUT2D eigenvalue weighted by Gasteiger charge is 2.38. The van der Waals surface area contributed by atoms with Crippen LogP contribution >= 0.6 is 0 Å². The molecular weight excluding hydrogens is 212 g/mol. The molecule has 0 spiro atoms. The number of hydrogen-bond donors (Lipinski definition) is 0. The zero-order valence-corrected chi connectivity index (χ0v) is 9.52. The average Bonchev–Trinajstić information content (AvgIpc) is 2.29. The van der Waals surface area contributed by atoms with Gasteiger partial charge in [0, 0.05) is 12.8 Å². The number of esters is 2. The standard InChI is InChI=1S/C11H16O5/c1-15-10(13)9(11(14)16-2)7-4-3-5-8(12)6-7/h7,9H,3-6H2,1-2H3/t7-/m1/s1. The Hall–Kier alpha value is -1.39. The first-order chi connectivity index (χ1) is 7.60. The Bertz CT molecular complexity index is 281. The fraction of sp³-hybridized carbons (Fsp3) is 0.727. The van der Waals surface area contributed by atoms with Gasteiger partial charge in [0.2, 0.25) is 0 Å². The van der Waals surface area contributed by atoms with Crippen LogP contribution in [0.4, 0.5) is 0 Å². The molecular formula is C11H16O5. The molecule has 0 aliphatic heterocycles. The lowest BCUT2D eigenvalue weighted by Crippen LogP contribution is -2.36. The maximum atomic E-state index is 11.5. The third-order valence-corrected chi connectivity index (χ3v) is 2.90. The number of Topliss-reactive ketones (excluding diaryl/α,β-unsaturated/α-hetero) is 1. The van der Waals surface area contributed by atoms with Gasteiger partial charge in [0.1, 0.15) is 5.78 Å². The van der Waals surface area contributed by atoms with Crippen LogP contribution in [0.5, 0.6) is 0 Å². The van der Waals surface area contributed by atoms with Crippen LogP contribution in [0.2, 0.25) is 0 Å². The van der Waals surface area contributed by atoms with Gasteiger partial charge in [0.05, 0.1) is 14.2 Å². The third-order valence-electron chi connectivity index (χ3n) is 2.90. The van der Waals surface area contributed by atoms with E-state index in [1.54, 1.807) is 0 Å². The molecule has 90 valence electrons. The second-order valence-electron chi connectivity index (χ2n) is 3.92. The zero-order valence-electron chi connectivity index (χ0n) is 9.52. The topological polar surface area (TPSA) is 69.7 Å². The van der Waals surface area contributed by atoms with Gasteiger partial charge in [-0.05, 0) is 18.8 Å². The van der Waals surface area contributed by atoms with Crippen LogP contribution in [-0.4, -0.2) is 31.9 Å². The minimum absolute atomic E-state index is 0.0917. The van der Waals surface area contributed by atoms with Crippen LogP contribution in [0, 0.1) is 11.8 Å². The molecule has 1 saturated carbocycles. The first-order valence-corrected chi connectivity index (χ1v) is 5.27. The summed E-state index contributed by atoms with van der Waals surface area (Å²) < 4.78 is 9.15. The summed E-state index contributed by atoms with van der Waals surface area (Å²) >= 11 is 0. The molecule has 5 heteroatoms. The maximum Gasteiger partial charge on any atom is 0.320 e. The van der Waals surface area contributed by atoms with E-state index in [4.69, 9.17) is 0 Å². The van der Waals surface area contributed by atoms with Crippen molar-refractivity contribution in [2.45, 2.75) is 25.7 Å². The minimum Gasteiger partial charge on any atom is -0.468 e. The van der Waals surface area contributed by atoms with Gasteiger partial charge in [-0.25, -0.2) is 0 Å². The molecule has 1 aliphatic rings. The van der Waals surface area contributed by atoms with Crippen LogP contribution in [0.25, 0.3) is 0 Å². The number of ketones is 1. The summed E-state index contributed by atoms with van der Waals surface area (Å²) in [5, 5.41) is 0. The van der Waals surface area contributed by atoms with Crippen molar-refractivity contribution in [3.63, 3.8) is 0 Å². The van der Waals surface area contributed by atoms with Crippen molar-refractivity contribution in [1.29, 1.82) is 0 Å². The Morgan fingerprint density at radius 2 is 1.81 bits per heavy atom. The average molecular weight is 228 g/mol. The van der Waals surface area contributed by atoms with Gasteiger partial charge in [0.25, 0.3) is 0 Å². The van der Waals surface area contributed by atoms with Crippen molar-refractivity contribution >= 4 is 17.7 Å². The fourth-order valence-electron chi connectivity index (χ4n) is 2.08. The lowest BCUT2D eigenvalue weighted by atomic mass is 9.79. The van der Waals surface area contributed by atoms with Crippen LogP contribution in [0.1, 0.15) is 25.7 Å². The summed E-state index contributed by atoms with van der Waals surface area (Å²) in [6.07, 6.45) is 2.19. The monoisotopic (exact) mass is 228 g/mol. The normalized spacial score (nSPS) is 20.7. The van der Waals surface area contributed by atoms with Crippen molar-refractivity contribution in [3.05, 3.63) is 0 Å². The second kappa shape index (κ2) is 5.63. The van der Waals surface area contributed by atoms with Gasteiger partial charge in [-0.2, -0.15) is 0 Å². The largest absolute Gasteiger partial charge is 0.468 e. The Labute approximate surface area is 94.1 Å². The van der Waals surface area contributed by atoms with Gasteiger partial charge in [-0.15, -0.1) is 0 Å². The molecule has 0 saturated heterocycles. The Morgan fingerprint density at radius 3 is 2.25 bits per heavy atom.